The first-order valence-corrected chi connectivity index (χ1v) is 8.72. The van der Waals surface area contributed by atoms with Gasteiger partial charge >= 0.3 is 0 Å². The number of hydrogen-bond acceptors (Lipinski definition) is 4. The Balaban J connectivity index is 2.30. The van der Waals surface area contributed by atoms with Crippen LogP contribution in [0.3, 0.4) is 0 Å². The highest BCUT2D eigenvalue weighted by molar-refractivity contribution is 9.09. The van der Waals surface area contributed by atoms with Crippen molar-refractivity contribution in [3.8, 4) is 11.5 Å². The molecular formula is C17H23BrF2N2O2. The van der Waals surface area contributed by atoms with Gasteiger partial charge in [-0.1, -0.05) is 22.9 Å². The number of hydrogen-bond donors (Lipinski definition) is 1. The molecule has 0 aromatic heterocycles. The molecule has 1 heterocycles. The van der Waals surface area contributed by atoms with E-state index in [0.29, 0.717) is 12.5 Å². The van der Waals surface area contributed by atoms with Crippen molar-refractivity contribution in [3.05, 3.63) is 35.0 Å². The van der Waals surface area contributed by atoms with Gasteiger partial charge in [-0.3, -0.25) is 0 Å². The minimum Gasteiger partial charge on any atom is -0.494 e. The van der Waals surface area contributed by atoms with Crippen LogP contribution in [0.15, 0.2) is 17.8 Å². The minimum atomic E-state index is -0.679. The lowest BCUT2D eigenvalue weighted by Crippen LogP contribution is -2.59. The Morgan fingerprint density at radius 2 is 1.92 bits per heavy atom. The van der Waals surface area contributed by atoms with Crippen LogP contribution in [0, 0.1) is 11.6 Å². The van der Waals surface area contributed by atoms with Crippen molar-refractivity contribution in [1.29, 1.82) is 0 Å². The molecule has 4 nitrogen and oxygen atoms in total. The molecule has 0 bridgehead atoms. The fourth-order valence-corrected chi connectivity index (χ4v) is 3.37. The van der Waals surface area contributed by atoms with Gasteiger partial charge in [-0.2, -0.15) is 0 Å². The fraction of sp³-hybridized carbons (Fsp3) is 0.529. The van der Waals surface area contributed by atoms with Crippen LogP contribution in [0.25, 0.3) is 0 Å². The predicted molar refractivity (Wildman–Crippen MR) is 93.8 cm³/mol. The molecule has 1 saturated heterocycles. The molecule has 134 valence electrons. The number of allylic oxidation sites excluding steroid dienone is 1. The standard InChI is InChI=1S/C17H23BrF2N2O2/c1-5-10(9-22(2)12-8-21-17(12)18)6-11-15(19)13(23-3)7-14(24-4)16(11)20/h7,9,12,17,21H,5-6,8H2,1-4H3/b10-9+/t12?,17-/m1/s1. The largest absolute Gasteiger partial charge is 0.494 e. The summed E-state index contributed by atoms with van der Waals surface area (Å²) in [5, 5.41) is 3.22. The third kappa shape index (κ3) is 3.83. The number of benzene rings is 1. The summed E-state index contributed by atoms with van der Waals surface area (Å²) in [6, 6.07) is 1.55. The van der Waals surface area contributed by atoms with Gasteiger partial charge in [0.2, 0.25) is 0 Å². The van der Waals surface area contributed by atoms with Crippen molar-refractivity contribution >= 4 is 15.9 Å². The van der Waals surface area contributed by atoms with Crippen molar-refractivity contribution in [2.75, 3.05) is 27.8 Å². The van der Waals surface area contributed by atoms with Crippen LogP contribution in [0.4, 0.5) is 8.78 Å². The lowest BCUT2D eigenvalue weighted by molar-refractivity contribution is 0.223. The number of rotatable bonds is 7. The summed E-state index contributed by atoms with van der Waals surface area (Å²) in [5.41, 5.74) is 0.895. The molecule has 1 aliphatic rings. The van der Waals surface area contributed by atoms with Crippen molar-refractivity contribution in [2.24, 2.45) is 0 Å². The average Bonchev–Trinajstić information content (AvgIpc) is 2.56. The SMILES string of the molecule is CC/C(=C\N(C)C1CN[C@H]1Br)Cc1c(F)c(OC)cc(OC)c1F. The van der Waals surface area contributed by atoms with Crippen molar-refractivity contribution < 1.29 is 18.3 Å². The summed E-state index contributed by atoms with van der Waals surface area (Å²) < 4.78 is 39.0. The van der Waals surface area contributed by atoms with E-state index in [1.54, 1.807) is 0 Å². The van der Waals surface area contributed by atoms with Gasteiger partial charge in [0.15, 0.2) is 23.1 Å². The fourth-order valence-electron chi connectivity index (χ4n) is 2.63. The molecule has 0 spiro atoms. The number of alkyl halides is 1. The summed E-state index contributed by atoms with van der Waals surface area (Å²) in [6.45, 7) is 2.84. The maximum atomic E-state index is 14.5. The van der Waals surface area contributed by atoms with Crippen LogP contribution in [0.1, 0.15) is 18.9 Å². The van der Waals surface area contributed by atoms with Gasteiger partial charge in [-0.15, -0.1) is 0 Å². The average molecular weight is 405 g/mol. The maximum Gasteiger partial charge on any atom is 0.171 e. The van der Waals surface area contributed by atoms with Crippen LogP contribution in [-0.4, -0.2) is 43.7 Å². The Kier molecular flexibility index (Phi) is 6.46. The zero-order valence-electron chi connectivity index (χ0n) is 14.3. The zero-order valence-corrected chi connectivity index (χ0v) is 15.9. The summed E-state index contributed by atoms with van der Waals surface area (Å²) in [4.78, 5) is 2.30. The van der Waals surface area contributed by atoms with E-state index in [9.17, 15) is 8.78 Å². The molecule has 0 aliphatic carbocycles. The van der Waals surface area contributed by atoms with Gasteiger partial charge in [-0.25, -0.2) is 8.78 Å². The molecule has 2 rings (SSSR count). The van der Waals surface area contributed by atoms with Gasteiger partial charge < -0.3 is 19.7 Å². The number of nitrogens with zero attached hydrogens (tertiary/aromatic N) is 1. The Hall–Kier alpha value is -1.34. The van der Waals surface area contributed by atoms with E-state index in [4.69, 9.17) is 9.47 Å². The second kappa shape index (κ2) is 8.16. The highest BCUT2D eigenvalue weighted by Crippen LogP contribution is 2.33. The van der Waals surface area contributed by atoms with E-state index in [0.717, 1.165) is 12.1 Å². The topological polar surface area (TPSA) is 33.7 Å². The smallest absolute Gasteiger partial charge is 0.171 e. The number of nitrogens with one attached hydrogen (secondary N) is 1. The van der Waals surface area contributed by atoms with Crippen LogP contribution in [-0.2, 0) is 6.42 Å². The summed E-state index contributed by atoms with van der Waals surface area (Å²) >= 11 is 3.53. The molecule has 0 amide bonds. The van der Waals surface area contributed by atoms with Crippen LogP contribution in [0.5, 0.6) is 11.5 Å². The van der Waals surface area contributed by atoms with Gasteiger partial charge in [0.25, 0.3) is 0 Å². The molecule has 7 heteroatoms. The Morgan fingerprint density at radius 3 is 2.29 bits per heavy atom. The number of methoxy groups -OCH3 is 2. The molecule has 24 heavy (non-hydrogen) atoms. The van der Waals surface area contributed by atoms with E-state index < -0.39 is 11.6 Å². The number of likely N-dealkylation sites (N-methyl/N-ethyl adjacent to an activating group) is 1. The first kappa shape index (κ1) is 19.0. The van der Waals surface area contributed by atoms with Crippen molar-refractivity contribution in [1.82, 2.24) is 10.2 Å². The van der Waals surface area contributed by atoms with Gasteiger partial charge in [0.1, 0.15) is 0 Å². The Morgan fingerprint density at radius 1 is 1.33 bits per heavy atom. The first-order chi connectivity index (χ1) is 11.4. The highest BCUT2D eigenvalue weighted by atomic mass is 79.9. The van der Waals surface area contributed by atoms with Crippen LogP contribution < -0.4 is 14.8 Å². The Bertz CT molecular complexity index is 597. The molecule has 0 saturated carbocycles. The van der Waals surface area contributed by atoms with E-state index in [1.165, 1.54) is 20.3 Å². The molecule has 1 unspecified atom stereocenters. The van der Waals surface area contributed by atoms with Crippen LogP contribution >= 0.6 is 15.9 Å². The molecule has 2 atom stereocenters. The van der Waals surface area contributed by atoms with Gasteiger partial charge in [-0.05, 0) is 18.2 Å². The lowest BCUT2D eigenvalue weighted by Gasteiger charge is -2.40. The normalized spacial score (nSPS) is 20.5. The van der Waals surface area contributed by atoms with E-state index in [1.807, 2.05) is 20.2 Å². The minimum absolute atomic E-state index is 0.0178. The predicted octanol–water partition coefficient (Wildman–Crippen LogP) is 3.44. The number of ether oxygens (including phenoxy) is 2. The quantitative estimate of drug-likeness (QED) is 0.557. The maximum absolute atomic E-state index is 14.5. The monoisotopic (exact) mass is 404 g/mol. The highest BCUT2D eigenvalue weighted by Gasteiger charge is 2.30. The lowest BCUT2D eigenvalue weighted by atomic mass is 10.0. The zero-order chi connectivity index (χ0) is 17.9. The molecule has 1 aromatic rings. The molecular weight excluding hydrogens is 382 g/mol. The molecule has 1 N–H and O–H groups in total. The van der Waals surface area contributed by atoms with E-state index >= 15 is 0 Å². The van der Waals surface area contributed by atoms with Crippen molar-refractivity contribution in [3.63, 3.8) is 0 Å². The van der Waals surface area contributed by atoms with E-state index in [2.05, 4.69) is 26.1 Å². The van der Waals surface area contributed by atoms with Gasteiger partial charge in [0.05, 0.1) is 25.2 Å². The molecule has 0 radical (unpaired) electrons. The van der Waals surface area contributed by atoms with Gasteiger partial charge in [0, 0.05) is 31.6 Å². The summed E-state index contributed by atoms with van der Waals surface area (Å²) in [5.74, 6) is -1.39. The molecule has 1 aliphatic heterocycles. The van der Waals surface area contributed by atoms with E-state index in [-0.39, 0.29) is 28.4 Å². The number of halogens is 3. The van der Waals surface area contributed by atoms with Crippen LogP contribution in [0.2, 0.25) is 0 Å². The second-order valence-corrected chi connectivity index (χ2v) is 6.73. The van der Waals surface area contributed by atoms with Crippen molar-refractivity contribution in [2.45, 2.75) is 30.8 Å². The second-order valence-electron chi connectivity index (χ2n) is 5.75. The molecule has 1 aromatic carbocycles. The summed E-state index contributed by atoms with van der Waals surface area (Å²) in [7, 11) is 4.67. The third-order valence-corrected chi connectivity index (χ3v) is 5.23. The Labute approximate surface area is 149 Å². The third-order valence-electron chi connectivity index (χ3n) is 4.29. The summed E-state index contributed by atoms with van der Waals surface area (Å²) in [6.07, 6.45) is 2.82. The first-order valence-electron chi connectivity index (χ1n) is 7.80. The molecule has 1 fully saturated rings.